The third kappa shape index (κ3) is 0.975. The van der Waals surface area contributed by atoms with Gasteiger partial charge in [-0.1, -0.05) is 6.92 Å². The zero-order chi connectivity index (χ0) is 8.55. The van der Waals surface area contributed by atoms with Crippen molar-refractivity contribution in [3.63, 3.8) is 0 Å². The van der Waals surface area contributed by atoms with E-state index in [0.717, 1.165) is 16.5 Å². The number of aryl methyl sites for hydroxylation is 1. The van der Waals surface area contributed by atoms with Gasteiger partial charge in [-0.15, -0.1) is 11.3 Å². The van der Waals surface area contributed by atoms with Gasteiger partial charge in [0.15, 0.2) is 0 Å². The van der Waals surface area contributed by atoms with Crippen LogP contribution in [-0.4, -0.2) is 4.98 Å². The highest BCUT2D eigenvalue weighted by Crippen LogP contribution is 2.20. The fourth-order valence-corrected chi connectivity index (χ4v) is 2.28. The zero-order valence-electron chi connectivity index (χ0n) is 6.76. The van der Waals surface area contributed by atoms with E-state index >= 15 is 0 Å². The Kier molecular flexibility index (Phi) is 1.73. The molecule has 3 heteroatoms. The molecule has 0 unspecified atom stereocenters. The van der Waals surface area contributed by atoms with Gasteiger partial charge in [0.1, 0.15) is 0 Å². The van der Waals surface area contributed by atoms with E-state index in [1.54, 1.807) is 17.5 Å². The topological polar surface area (TPSA) is 32.9 Å². The minimum atomic E-state index is 0.0171. The first-order valence-corrected chi connectivity index (χ1v) is 4.78. The highest BCUT2D eigenvalue weighted by atomic mass is 32.1. The summed E-state index contributed by atoms with van der Waals surface area (Å²) in [5.41, 5.74) is 1.24. The van der Waals surface area contributed by atoms with E-state index in [0.29, 0.717) is 0 Å². The van der Waals surface area contributed by atoms with E-state index in [1.807, 2.05) is 11.4 Å². The number of nitrogens with one attached hydrogen (secondary N) is 1. The molecule has 2 heterocycles. The van der Waals surface area contributed by atoms with Crippen molar-refractivity contribution in [3.8, 4) is 0 Å². The molecule has 0 aliphatic rings. The smallest absolute Gasteiger partial charge is 0.256 e. The summed E-state index contributed by atoms with van der Waals surface area (Å²) in [6.45, 7) is 2.09. The van der Waals surface area contributed by atoms with Gasteiger partial charge in [-0.25, -0.2) is 0 Å². The maximum absolute atomic E-state index is 11.3. The molecule has 0 aromatic carbocycles. The van der Waals surface area contributed by atoms with Gasteiger partial charge in [-0.05, 0) is 23.4 Å². The van der Waals surface area contributed by atoms with Crippen LogP contribution in [0.5, 0.6) is 0 Å². The molecule has 2 aromatic rings. The predicted octanol–water partition coefficient (Wildman–Crippen LogP) is 2.15. The highest BCUT2D eigenvalue weighted by molar-refractivity contribution is 7.17. The molecular weight excluding hydrogens is 170 g/mol. The molecule has 12 heavy (non-hydrogen) atoms. The molecule has 0 saturated carbocycles. The third-order valence-electron chi connectivity index (χ3n) is 1.96. The Morgan fingerprint density at radius 3 is 3.17 bits per heavy atom. The number of pyridine rings is 1. The maximum atomic E-state index is 11.3. The second kappa shape index (κ2) is 2.75. The molecule has 2 nitrogen and oxygen atoms in total. The van der Waals surface area contributed by atoms with Crippen LogP contribution in [0.1, 0.15) is 12.5 Å². The minimum Gasteiger partial charge on any atom is -0.328 e. The number of aromatic amines is 1. The number of hydrogen-bond acceptors (Lipinski definition) is 2. The number of rotatable bonds is 1. The van der Waals surface area contributed by atoms with E-state index < -0.39 is 0 Å². The summed E-state index contributed by atoms with van der Waals surface area (Å²) in [7, 11) is 0. The molecule has 0 bridgehead atoms. The second-order valence-electron chi connectivity index (χ2n) is 2.66. The molecule has 62 valence electrons. The largest absolute Gasteiger partial charge is 0.328 e. The predicted molar refractivity (Wildman–Crippen MR) is 51.8 cm³/mol. The number of fused-ring (bicyclic) bond motifs is 1. The van der Waals surface area contributed by atoms with Crippen molar-refractivity contribution in [3.05, 3.63) is 33.6 Å². The van der Waals surface area contributed by atoms with Crippen molar-refractivity contribution in [2.24, 2.45) is 0 Å². The molecule has 0 aliphatic heterocycles. The Morgan fingerprint density at radius 1 is 1.58 bits per heavy atom. The van der Waals surface area contributed by atoms with Crippen LogP contribution in [-0.2, 0) is 6.42 Å². The van der Waals surface area contributed by atoms with Crippen LogP contribution in [0.2, 0.25) is 0 Å². The summed E-state index contributed by atoms with van der Waals surface area (Å²) in [5, 5.41) is 2.78. The molecule has 1 N–H and O–H groups in total. The minimum absolute atomic E-state index is 0.0171. The van der Waals surface area contributed by atoms with Gasteiger partial charge in [-0.2, -0.15) is 0 Å². The molecule has 0 spiro atoms. The van der Waals surface area contributed by atoms with Crippen molar-refractivity contribution in [1.82, 2.24) is 4.98 Å². The summed E-state index contributed by atoms with van der Waals surface area (Å²) in [6, 6.07) is 1.87. The molecule has 0 fully saturated rings. The molecule has 0 atom stereocenters. The number of hydrogen-bond donors (Lipinski definition) is 1. The SMILES string of the molecule is CCc1c[nH]c(=O)c2ccsc12. The number of thiophene rings is 1. The quantitative estimate of drug-likeness (QED) is 0.714. The Balaban J connectivity index is 2.92. The lowest BCUT2D eigenvalue weighted by atomic mass is 10.2. The normalized spacial score (nSPS) is 10.8. The first-order valence-electron chi connectivity index (χ1n) is 3.90. The van der Waals surface area contributed by atoms with Crippen LogP contribution in [0.3, 0.4) is 0 Å². The van der Waals surface area contributed by atoms with Gasteiger partial charge in [0.2, 0.25) is 0 Å². The third-order valence-corrected chi connectivity index (χ3v) is 2.95. The lowest BCUT2D eigenvalue weighted by molar-refractivity contribution is 1.12. The second-order valence-corrected chi connectivity index (χ2v) is 3.58. The zero-order valence-corrected chi connectivity index (χ0v) is 7.57. The van der Waals surface area contributed by atoms with Crippen LogP contribution in [0.4, 0.5) is 0 Å². The number of aromatic nitrogens is 1. The standard InChI is InChI=1S/C9H9NOS/c1-2-6-5-10-9(11)7-3-4-12-8(6)7/h3-5H,2H2,1H3,(H,10,11). The van der Waals surface area contributed by atoms with Crippen molar-refractivity contribution in [1.29, 1.82) is 0 Å². The van der Waals surface area contributed by atoms with E-state index in [9.17, 15) is 4.79 Å². The summed E-state index contributed by atoms with van der Waals surface area (Å²) >= 11 is 1.63. The lowest BCUT2D eigenvalue weighted by Gasteiger charge is -1.96. The van der Waals surface area contributed by atoms with Crippen molar-refractivity contribution in [2.45, 2.75) is 13.3 Å². The molecular formula is C9H9NOS. The van der Waals surface area contributed by atoms with Crippen molar-refractivity contribution < 1.29 is 0 Å². The van der Waals surface area contributed by atoms with E-state index in [2.05, 4.69) is 11.9 Å². The first-order chi connectivity index (χ1) is 5.83. The van der Waals surface area contributed by atoms with Crippen LogP contribution in [0, 0.1) is 0 Å². The average molecular weight is 179 g/mol. The van der Waals surface area contributed by atoms with Gasteiger partial charge < -0.3 is 4.98 Å². The molecule has 2 rings (SSSR count). The Morgan fingerprint density at radius 2 is 2.42 bits per heavy atom. The average Bonchev–Trinajstić information content (AvgIpc) is 2.54. The Hall–Kier alpha value is -1.09. The first kappa shape index (κ1) is 7.55. The van der Waals surface area contributed by atoms with Crippen LogP contribution in [0.15, 0.2) is 22.4 Å². The summed E-state index contributed by atoms with van der Waals surface area (Å²) in [5.74, 6) is 0. The van der Waals surface area contributed by atoms with Crippen molar-refractivity contribution in [2.75, 3.05) is 0 Å². The molecule has 2 aromatic heterocycles. The van der Waals surface area contributed by atoms with Crippen molar-refractivity contribution >= 4 is 21.4 Å². The molecule has 0 amide bonds. The number of H-pyrrole nitrogens is 1. The monoisotopic (exact) mass is 179 g/mol. The van der Waals surface area contributed by atoms with Crippen LogP contribution in [0.25, 0.3) is 10.1 Å². The molecule has 0 saturated heterocycles. The van der Waals surface area contributed by atoms with Crippen LogP contribution >= 0.6 is 11.3 Å². The summed E-state index contributed by atoms with van der Waals surface area (Å²) in [4.78, 5) is 14.0. The van der Waals surface area contributed by atoms with E-state index in [4.69, 9.17) is 0 Å². The molecule has 0 aliphatic carbocycles. The van der Waals surface area contributed by atoms with Crippen LogP contribution < -0.4 is 5.56 Å². The molecule has 0 radical (unpaired) electrons. The van der Waals surface area contributed by atoms with Gasteiger partial charge in [0.05, 0.1) is 5.39 Å². The highest BCUT2D eigenvalue weighted by Gasteiger charge is 2.03. The Labute approximate surface area is 73.9 Å². The van der Waals surface area contributed by atoms with Gasteiger partial charge in [0, 0.05) is 10.9 Å². The van der Waals surface area contributed by atoms with E-state index in [1.165, 1.54) is 5.56 Å². The van der Waals surface area contributed by atoms with Gasteiger partial charge >= 0.3 is 0 Å². The summed E-state index contributed by atoms with van der Waals surface area (Å²) < 4.78 is 1.13. The summed E-state index contributed by atoms with van der Waals surface area (Å²) in [6.07, 6.45) is 2.77. The fourth-order valence-electron chi connectivity index (χ4n) is 1.30. The Bertz CT molecular complexity index is 455. The van der Waals surface area contributed by atoms with Gasteiger partial charge in [-0.3, -0.25) is 4.79 Å². The maximum Gasteiger partial charge on any atom is 0.256 e. The fraction of sp³-hybridized carbons (Fsp3) is 0.222. The lowest BCUT2D eigenvalue weighted by Crippen LogP contribution is -2.04. The van der Waals surface area contributed by atoms with Gasteiger partial charge in [0.25, 0.3) is 5.56 Å². The van der Waals surface area contributed by atoms with E-state index in [-0.39, 0.29) is 5.56 Å².